The van der Waals surface area contributed by atoms with E-state index in [1.165, 1.54) is 65.2 Å². The van der Waals surface area contributed by atoms with E-state index >= 15 is 0 Å². The normalized spacial score (nSPS) is 32.0. The van der Waals surface area contributed by atoms with Gasteiger partial charge in [-0.3, -0.25) is 14.7 Å². The predicted octanol–water partition coefficient (Wildman–Crippen LogP) is 1.93. The maximum Gasteiger partial charge on any atom is 0.0678 e. The molecule has 3 rings (SSSR count). The van der Waals surface area contributed by atoms with Crippen LogP contribution >= 0.6 is 0 Å². The molecular formula is C20H40N4O. The Kier molecular flexibility index (Phi) is 7.15. The van der Waals surface area contributed by atoms with Gasteiger partial charge in [0.1, 0.15) is 0 Å². The lowest BCUT2D eigenvalue weighted by Crippen LogP contribution is -2.47. The van der Waals surface area contributed by atoms with Gasteiger partial charge in [0.15, 0.2) is 0 Å². The molecule has 0 aromatic rings. The third-order valence-electron chi connectivity index (χ3n) is 6.27. The molecule has 0 spiro atoms. The van der Waals surface area contributed by atoms with E-state index in [0.717, 1.165) is 19.1 Å². The van der Waals surface area contributed by atoms with Gasteiger partial charge < -0.3 is 9.64 Å². The zero-order valence-corrected chi connectivity index (χ0v) is 17.0. The van der Waals surface area contributed by atoms with Crippen molar-refractivity contribution in [3.05, 3.63) is 0 Å². The molecule has 0 bridgehead atoms. The second-order valence-corrected chi connectivity index (χ2v) is 8.80. The molecule has 5 nitrogen and oxygen atoms in total. The fraction of sp³-hybridized carbons (Fsp3) is 1.00. The number of hydrogen-bond acceptors (Lipinski definition) is 5. The summed E-state index contributed by atoms with van der Waals surface area (Å²) < 4.78 is 5.84. The van der Waals surface area contributed by atoms with Crippen LogP contribution in [0.3, 0.4) is 0 Å². The zero-order chi connectivity index (χ0) is 17.8. The van der Waals surface area contributed by atoms with Crippen molar-refractivity contribution >= 4 is 0 Å². The Bertz CT molecular complexity index is 387. The zero-order valence-electron chi connectivity index (χ0n) is 17.0. The highest BCUT2D eigenvalue weighted by atomic mass is 16.5. The van der Waals surface area contributed by atoms with Crippen LogP contribution in [0.25, 0.3) is 0 Å². The van der Waals surface area contributed by atoms with Gasteiger partial charge >= 0.3 is 0 Å². The highest BCUT2D eigenvalue weighted by Crippen LogP contribution is 2.21. The Morgan fingerprint density at radius 3 is 2.16 bits per heavy atom. The number of likely N-dealkylation sites (tertiary alicyclic amines) is 1. The molecule has 3 aliphatic heterocycles. The van der Waals surface area contributed by atoms with Crippen LogP contribution in [0, 0.1) is 0 Å². The quantitative estimate of drug-likeness (QED) is 0.726. The standard InChI is InChI=1S/C20H40N4O/c1-17(2)23-10-6-20(7-11-23)24-13-12-21(16-24)8-5-9-22-14-18(3)25-19(4)15-22/h17-20H,5-16H2,1-4H3. The molecule has 0 aromatic carbocycles. The molecule has 25 heavy (non-hydrogen) atoms. The topological polar surface area (TPSA) is 22.2 Å². The lowest BCUT2D eigenvalue weighted by atomic mass is 10.0. The van der Waals surface area contributed by atoms with E-state index in [-0.39, 0.29) is 0 Å². The average molecular weight is 353 g/mol. The first-order chi connectivity index (χ1) is 12.0. The van der Waals surface area contributed by atoms with Gasteiger partial charge in [0.25, 0.3) is 0 Å². The Balaban J connectivity index is 1.32. The Hall–Kier alpha value is -0.200. The number of ether oxygens (including phenoxy) is 1. The van der Waals surface area contributed by atoms with Crippen molar-refractivity contribution in [3.63, 3.8) is 0 Å². The lowest BCUT2D eigenvalue weighted by molar-refractivity contribution is -0.0684. The van der Waals surface area contributed by atoms with Crippen LogP contribution in [0.2, 0.25) is 0 Å². The smallest absolute Gasteiger partial charge is 0.0678 e. The highest BCUT2D eigenvalue weighted by Gasteiger charge is 2.30. The maximum absolute atomic E-state index is 5.84. The Labute approximate surface area is 155 Å². The first-order valence-electron chi connectivity index (χ1n) is 10.6. The number of rotatable bonds is 6. The number of piperidine rings is 1. The molecule has 2 atom stereocenters. The number of hydrogen-bond donors (Lipinski definition) is 0. The molecular weight excluding hydrogens is 312 g/mol. The summed E-state index contributed by atoms with van der Waals surface area (Å²) in [6, 6.07) is 1.53. The maximum atomic E-state index is 5.84. The fourth-order valence-electron chi connectivity index (χ4n) is 4.90. The molecule has 3 aliphatic rings. The average Bonchev–Trinajstić information content (AvgIpc) is 3.03. The summed E-state index contributed by atoms with van der Waals surface area (Å²) in [4.78, 5) is 10.6. The molecule has 0 saturated carbocycles. The third-order valence-corrected chi connectivity index (χ3v) is 6.27. The fourth-order valence-corrected chi connectivity index (χ4v) is 4.90. The van der Waals surface area contributed by atoms with Gasteiger partial charge in [-0.25, -0.2) is 0 Å². The van der Waals surface area contributed by atoms with Crippen LogP contribution in [-0.2, 0) is 4.74 Å². The minimum Gasteiger partial charge on any atom is -0.373 e. The second-order valence-electron chi connectivity index (χ2n) is 8.80. The van der Waals surface area contributed by atoms with Gasteiger partial charge in [0.05, 0.1) is 18.9 Å². The van der Waals surface area contributed by atoms with Gasteiger partial charge in [-0.15, -0.1) is 0 Å². The summed E-state index contributed by atoms with van der Waals surface area (Å²) in [6.07, 6.45) is 4.79. The van der Waals surface area contributed by atoms with Crippen LogP contribution < -0.4 is 0 Å². The number of nitrogens with zero attached hydrogens (tertiary/aromatic N) is 4. The minimum atomic E-state index is 0.391. The van der Waals surface area contributed by atoms with Crippen molar-refractivity contribution < 1.29 is 4.74 Å². The van der Waals surface area contributed by atoms with Crippen molar-refractivity contribution in [1.82, 2.24) is 19.6 Å². The van der Waals surface area contributed by atoms with Crippen molar-refractivity contribution in [3.8, 4) is 0 Å². The molecule has 2 unspecified atom stereocenters. The predicted molar refractivity (Wildman–Crippen MR) is 104 cm³/mol. The Morgan fingerprint density at radius 2 is 1.52 bits per heavy atom. The first-order valence-corrected chi connectivity index (χ1v) is 10.6. The van der Waals surface area contributed by atoms with E-state index in [2.05, 4.69) is 47.3 Å². The van der Waals surface area contributed by atoms with Crippen molar-refractivity contribution in [1.29, 1.82) is 0 Å². The van der Waals surface area contributed by atoms with Gasteiger partial charge in [-0.2, -0.15) is 0 Å². The van der Waals surface area contributed by atoms with Gasteiger partial charge in [0, 0.05) is 44.8 Å². The molecule has 3 fully saturated rings. The lowest BCUT2D eigenvalue weighted by Gasteiger charge is -2.38. The monoisotopic (exact) mass is 352 g/mol. The van der Waals surface area contributed by atoms with Gasteiger partial charge in [-0.05, 0) is 66.6 Å². The largest absolute Gasteiger partial charge is 0.373 e. The van der Waals surface area contributed by atoms with Crippen LogP contribution in [0.1, 0.15) is 47.0 Å². The van der Waals surface area contributed by atoms with E-state index in [4.69, 9.17) is 4.74 Å². The summed E-state index contributed by atoms with van der Waals surface area (Å²) in [7, 11) is 0. The van der Waals surface area contributed by atoms with Crippen LogP contribution in [0.15, 0.2) is 0 Å². The van der Waals surface area contributed by atoms with Gasteiger partial charge in [0.2, 0.25) is 0 Å². The van der Waals surface area contributed by atoms with Crippen LogP contribution in [-0.4, -0.2) is 103 Å². The number of morpholine rings is 1. The molecule has 0 amide bonds. The molecule has 3 heterocycles. The van der Waals surface area contributed by atoms with E-state index in [1.807, 2.05) is 0 Å². The van der Waals surface area contributed by atoms with E-state index in [0.29, 0.717) is 18.2 Å². The van der Waals surface area contributed by atoms with Crippen molar-refractivity contribution in [2.24, 2.45) is 0 Å². The SMILES string of the molecule is CC1CN(CCCN2CCN(C3CCN(C(C)C)CC3)C2)CC(C)O1. The van der Waals surface area contributed by atoms with Crippen LogP contribution in [0.5, 0.6) is 0 Å². The first kappa shape index (κ1) is 19.6. The van der Waals surface area contributed by atoms with E-state index in [1.54, 1.807) is 0 Å². The summed E-state index contributed by atoms with van der Waals surface area (Å²) >= 11 is 0. The van der Waals surface area contributed by atoms with Crippen molar-refractivity contribution in [2.45, 2.75) is 71.2 Å². The summed E-state index contributed by atoms with van der Waals surface area (Å²) in [5, 5.41) is 0. The van der Waals surface area contributed by atoms with E-state index < -0.39 is 0 Å². The molecule has 3 saturated heterocycles. The summed E-state index contributed by atoms with van der Waals surface area (Å²) in [5.74, 6) is 0. The Morgan fingerprint density at radius 1 is 0.880 bits per heavy atom. The third kappa shape index (κ3) is 5.64. The summed E-state index contributed by atoms with van der Waals surface area (Å²) in [6.45, 7) is 20.0. The van der Waals surface area contributed by atoms with Crippen LogP contribution in [0.4, 0.5) is 0 Å². The minimum absolute atomic E-state index is 0.391. The molecule has 0 aromatic heterocycles. The van der Waals surface area contributed by atoms with Crippen molar-refractivity contribution in [2.75, 3.05) is 59.0 Å². The molecule has 146 valence electrons. The molecule has 0 aliphatic carbocycles. The van der Waals surface area contributed by atoms with E-state index in [9.17, 15) is 0 Å². The highest BCUT2D eigenvalue weighted by molar-refractivity contribution is 4.84. The molecule has 0 N–H and O–H groups in total. The summed E-state index contributed by atoms with van der Waals surface area (Å²) in [5.41, 5.74) is 0. The van der Waals surface area contributed by atoms with Gasteiger partial charge in [-0.1, -0.05) is 0 Å². The molecule has 5 heteroatoms. The second kappa shape index (κ2) is 9.14. The molecule has 0 radical (unpaired) electrons.